The Labute approximate surface area is 146 Å². The molecule has 0 fully saturated rings. The van der Waals surface area contributed by atoms with Crippen LogP contribution in [0.3, 0.4) is 0 Å². The Morgan fingerprint density at radius 3 is 2.84 bits per heavy atom. The highest BCUT2D eigenvalue weighted by atomic mass is 19.1. The molecule has 0 aliphatic carbocycles. The average Bonchev–Trinajstić information content (AvgIpc) is 3.01. The first kappa shape index (κ1) is 17.4. The number of ether oxygens (including phenoxy) is 1. The van der Waals surface area contributed by atoms with Gasteiger partial charge in [0.25, 0.3) is 0 Å². The fraction of sp³-hybridized carbons (Fsp3) is 0.368. The van der Waals surface area contributed by atoms with E-state index in [0.717, 1.165) is 22.9 Å². The maximum Gasteiger partial charge on any atom is 0.165 e. The summed E-state index contributed by atoms with van der Waals surface area (Å²) in [5, 5.41) is 7.65. The van der Waals surface area contributed by atoms with Gasteiger partial charge in [0.15, 0.2) is 17.2 Å². The minimum atomic E-state index is -0.493. The van der Waals surface area contributed by atoms with Gasteiger partial charge in [-0.3, -0.25) is 5.10 Å². The lowest BCUT2D eigenvalue weighted by Crippen LogP contribution is -2.43. The lowest BCUT2D eigenvalue weighted by molar-refractivity contribution is 0.200. The Morgan fingerprint density at radius 2 is 2.12 bits per heavy atom. The van der Waals surface area contributed by atoms with Crippen LogP contribution in [0.4, 0.5) is 4.39 Å². The Balaban J connectivity index is 1.81. The van der Waals surface area contributed by atoms with Crippen molar-refractivity contribution in [3.8, 4) is 16.9 Å². The van der Waals surface area contributed by atoms with E-state index in [1.807, 2.05) is 19.1 Å². The number of nitrogens with zero attached hydrogens (tertiary/aromatic N) is 2. The zero-order valence-corrected chi connectivity index (χ0v) is 14.7. The maximum absolute atomic E-state index is 14.5. The van der Waals surface area contributed by atoms with E-state index in [9.17, 15) is 4.39 Å². The van der Waals surface area contributed by atoms with Crippen molar-refractivity contribution in [1.29, 1.82) is 0 Å². The van der Waals surface area contributed by atoms with Gasteiger partial charge in [-0.15, -0.1) is 0 Å². The van der Waals surface area contributed by atoms with E-state index < -0.39 is 11.4 Å². The summed E-state index contributed by atoms with van der Waals surface area (Å²) in [5.41, 5.74) is 8.02. The van der Waals surface area contributed by atoms with E-state index in [1.54, 1.807) is 18.5 Å². The zero-order valence-electron chi connectivity index (χ0n) is 14.7. The first-order chi connectivity index (χ1) is 11.9. The Hall–Kier alpha value is -2.47. The van der Waals surface area contributed by atoms with E-state index in [-0.39, 0.29) is 12.4 Å². The molecule has 0 radical (unpaired) electrons. The smallest absolute Gasteiger partial charge is 0.165 e. The first-order valence-electron chi connectivity index (χ1n) is 8.35. The van der Waals surface area contributed by atoms with E-state index in [1.165, 1.54) is 6.07 Å². The lowest BCUT2D eigenvalue weighted by atomic mass is 9.93. The molecule has 3 N–H and O–H groups in total. The van der Waals surface area contributed by atoms with Crippen LogP contribution in [0.2, 0.25) is 0 Å². The molecule has 3 rings (SSSR count). The van der Waals surface area contributed by atoms with Crippen LogP contribution < -0.4 is 10.5 Å². The maximum atomic E-state index is 14.5. The summed E-state index contributed by atoms with van der Waals surface area (Å²) in [6, 6.07) is 6.78. The van der Waals surface area contributed by atoms with Crippen molar-refractivity contribution in [2.45, 2.75) is 32.7 Å². The van der Waals surface area contributed by atoms with Crippen molar-refractivity contribution < 1.29 is 9.13 Å². The molecule has 3 aromatic rings. The molecule has 2 heterocycles. The number of nitrogens with one attached hydrogen (secondary N) is 1. The van der Waals surface area contributed by atoms with Gasteiger partial charge in [0.1, 0.15) is 6.61 Å². The van der Waals surface area contributed by atoms with Crippen molar-refractivity contribution in [1.82, 2.24) is 15.2 Å². The second kappa shape index (κ2) is 6.80. The number of rotatable bonds is 6. The summed E-state index contributed by atoms with van der Waals surface area (Å²) < 4.78 is 20.1. The summed E-state index contributed by atoms with van der Waals surface area (Å²) in [4.78, 5) is 4.20. The Morgan fingerprint density at radius 1 is 1.32 bits per heavy atom. The predicted octanol–water partition coefficient (Wildman–Crippen LogP) is 3.91. The predicted molar refractivity (Wildman–Crippen MR) is 96.8 cm³/mol. The van der Waals surface area contributed by atoms with E-state index in [0.29, 0.717) is 11.6 Å². The summed E-state index contributed by atoms with van der Waals surface area (Å²) in [7, 11) is 0. The number of fused-ring (bicyclic) bond motifs is 1. The van der Waals surface area contributed by atoms with Gasteiger partial charge in [-0.25, -0.2) is 9.37 Å². The lowest BCUT2D eigenvalue weighted by Gasteiger charge is -2.26. The van der Waals surface area contributed by atoms with Crippen molar-refractivity contribution in [3.05, 3.63) is 42.5 Å². The molecule has 0 amide bonds. The zero-order chi connectivity index (χ0) is 18.0. The summed E-state index contributed by atoms with van der Waals surface area (Å²) >= 11 is 0. The van der Waals surface area contributed by atoms with Gasteiger partial charge in [0.2, 0.25) is 0 Å². The van der Waals surface area contributed by atoms with Crippen LogP contribution >= 0.6 is 0 Å². The molecule has 25 heavy (non-hydrogen) atoms. The molecule has 0 saturated heterocycles. The van der Waals surface area contributed by atoms with E-state index >= 15 is 0 Å². The third kappa shape index (κ3) is 3.96. The number of aromatic nitrogens is 3. The van der Waals surface area contributed by atoms with Crippen LogP contribution in [0.5, 0.6) is 5.75 Å². The highest BCUT2D eigenvalue weighted by Gasteiger charge is 2.22. The number of halogens is 1. The standard InChI is InChI=1S/C19H23FN4O/c1-12(2)9-19(3,21)11-25-17-5-4-13(8-16(17)20)14-6-7-22-18-15(14)10-23-24-18/h4-8,10,12H,9,11,21H2,1-3H3,(H,22,23,24). The molecule has 0 aliphatic heterocycles. The van der Waals surface area contributed by atoms with Gasteiger partial charge in [-0.1, -0.05) is 19.9 Å². The fourth-order valence-corrected chi connectivity index (χ4v) is 3.12. The molecule has 0 aliphatic rings. The molecule has 132 valence electrons. The van der Waals surface area contributed by atoms with Gasteiger partial charge in [-0.05, 0) is 48.6 Å². The van der Waals surface area contributed by atoms with Crippen molar-refractivity contribution in [3.63, 3.8) is 0 Å². The largest absolute Gasteiger partial charge is 0.489 e. The molecule has 0 bridgehead atoms. The number of nitrogens with two attached hydrogens (primary N) is 1. The molecule has 0 spiro atoms. The number of H-pyrrole nitrogens is 1. The molecule has 1 aromatic carbocycles. The highest BCUT2D eigenvalue weighted by Crippen LogP contribution is 2.30. The summed E-state index contributed by atoms with van der Waals surface area (Å²) in [5.74, 6) is 0.253. The van der Waals surface area contributed by atoms with Crippen molar-refractivity contribution >= 4 is 11.0 Å². The van der Waals surface area contributed by atoms with Crippen LogP contribution in [-0.2, 0) is 0 Å². The average molecular weight is 342 g/mol. The molecule has 1 unspecified atom stereocenters. The van der Waals surface area contributed by atoms with E-state index in [4.69, 9.17) is 10.5 Å². The normalized spacial score (nSPS) is 14.0. The van der Waals surface area contributed by atoms with Crippen LogP contribution in [0.25, 0.3) is 22.2 Å². The second-order valence-corrected chi connectivity index (χ2v) is 7.18. The molecule has 6 heteroatoms. The Bertz CT molecular complexity index is 873. The fourth-order valence-electron chi connectivity index (χ4n) is 3.12. The molecular weight excluding hydrogens is 319 g/mol. The molecular formula is C19H23FN4O. The third-order valence-corrected chi connectivity index (χ3v) is 4.03. The summed E-state index contributed by atoms with van der Waals surface area (Å²) in [6.07, 6.45) is 4.16. The van der Waals surface area contributed by atoms with Gasteiger partial charge in [0.05, 0.1) is 6.20 Å². The van der Waals surface area contributed by atoms with Gasteiger partial charge in [-0.2, -0.15) is 5.10 Å². The topological polar surface area (TPSA) is 76.8 Å². The monoisotopic (exact) mass is 342 g/mol. The molecule has 0 saturated carbocycles. The van der Waals surface area contributed by atoms with Crippen LogP contribution in [-0.4, -0.2) is 27.3 Å². The van der Waals surface area contributed by atoms with E-state index in [2.05, 4.69) is 29.0 Å². The number of aromatic amines is 1. The molecule has 5 nitrogen and oxygen atoms in total. The number of pyridine rings is 1. The van der Waals surface area contributed by atoms with Crippen molar-refractivity contribution in [2.24, 2.45) is 11.7 Å². The first-order valence-corrected chi connectivity index (χ1v) is 8.35. The van der Waals surface area contributed by atoms with Crippen LogP contribution in [0.1, 0.15) is 27.2 Å². The van der Waals surface area contributed by atoms with Crippen molar-refractivity contribution in [2.75, 3.05) is 6.61 Å². The van der Waals surface area contributed by atoms with Gasteiger partial charge >= 0.3 is 0 Å². The number of hydrogen-bond donors (Lipinski definition) is 2. The minimum absolute atomic E-state index is 0.210. The summed E-state index contributed by atoms with van der Waals surface area (Å²) in [6.45, 7) is 6.40. The SMILES string of the molecule is CC(C)CC(C)(N)COc1ccc(-c2ccnc3[nH]ncc23)cc1F. The van der Waals surface area contributed by atoms with Crippen LogP contribution in [0, 0.1) is 11.7 Å². The number of benzene rings is 1. The second-order valence-electron chi connectivity index (χ2n) is 7.18. The van der Waals surface area contributed by atoms with Gasteiger partial charge in [0, 0.05) is 17.1 Å². The third-order valence-electron chi connectivity index (χ3n) is 4.03. The molecule has 1 atom stereocenters. The molecule has 2 aromatic heterocycles. The number of hydrogen-bond acceptors (Lipinski definition) is 4. The Kier molecular flexibility index (Phi) is 4.72. The highest BCUT2D eigenvalue weighted by molar-refractivity contribution is 5.92. The minimum Gasteiger partial charge on any atom is -0.489 e. The van der Waals surface area contributed by atoms with Gasteiger partial charge < -0.3 is 10.5 Å². The quantitative estimate of drug-likeness (QED) is 0.712. The van der Waals surface area contributed by atoms with Crippen LogP contribution in [0.15, 0.2) is 36.7 Å².